The van der Waals surface area contributed by atoms with Crippen molar-refractivity contribution < 1.29 is 19.4 Å². The highest BCUT2D eigenvalue weighted by atomic mass is 16.5. The molecule has 1 saturated carbocycles. The van der Waals surface area contributed by atoms with Gasteiger partial charge in [0.15, 0.2) is 11.6 Å². The van der Waals surface area contributed by atoms with Gasteiger partial charge in [-0.3, -0.25) is 14.3 Å². The van der Waals surface area contributed by atoms with Crippen LogP contribution in [0.3, 0.4) is 0 Å². The third-order valence-corrected chi connectivity index (χ3v) is 6.89. The Morgan fingerprint density at radius 3 is 2.37 bits per heavy atom. The van der Waals surface area contributed by atoms with Gasteiger partial charge < -0.3 is 19.9 Å². The number of carbonyl (C=O) groups is 1. The van der Waals surface area contributed by atoms with Gasteiger partial charge in [0.05, 0.1) is 18.3 Å². The van der Waals surface area contributed by atoms with Crippen LogP contribution in [0.1, 0.15) is 52.0 Å². The largest absolute Gasteiger partial charge is 0.457 e. The van der Waals surface area contributed by atoms with Crippen LogP contribution in [0.15, 0.2) is 83.9 Å². The van der Waals surface area contributed by atoms with Gasteiger partial charge in [0.2, 0.25) is 0 Å². The second kappa shape index (κ2) is 12.4. The van der Waals surface area contributed by atoms with E-state index in [1.165, 1.54) is 16.9 Å². The van der Waals surface area contributed by atoms with Crippen molar-refractivity contribution in [3.05, 3.63) is 89.5 Å². The molecule has 1 aliphatic carbocycles. The number of hydrogen-bond acceptors (Lipinski definition) is 7. The predicted molar refractivity (Wildman–Crippen MR) is 154 cm³/mol. The molecule has 0 bridgehead atoms. The van der Waals surface area contributed by atoms with Gasteiger partial charge in [-0.1, -0.05) is 49.9 Å². The number of benzene rings is 2. The molecular weight excluding hydrogens is 522 g/mol. The quantitative estimate of drug-likeness (QED) is 0.248. The zero-order chi connectivity index (χ0) is 28.8. The first-order chi connectivity index (χ1) is 19.7. The zero-order valence-electron chi connectivity index (χ0n) is 23.3. The summed E-state index contributed by atoms with van der Waals surface area (Å²) in [6.45, 7) is 3.65. The molecule has 2 heterocycles. The van der Waals surface area contributed by atoms with Crippen LogP contribution in [-0.4, -0.2) is 36.2 Å². The molecule has 10 heteroatoms. The number of para-hydroxylation sites is 1. The van der Waals surface area contributed by atoms with E-state index >= 15 is 0 Å². The van der Waals surface area contributed by atoms with Crippen LogP contribution in [0.5, 0.6) is 23.0 Å². The Balaban J connectivity index is 1.32. The first kappa shape index (κ1) is 28.1. The van der Waals surface area contributed by atoms with Crippen molar-refractivity contribution in [1.82, 2.24) is 19.6 Å². The number of nitrogens with zero attached hydrogens (tertiary/aromatic N) is 4. The summed E-state index contributed by atoms with van der Waals surface area (Å²) in [4.78, 5) is 26.7. The highest BCUT2D eigenvalue weighted by Crippen LogP contribution is 2.32. The third kappa shape index (κ3) is 7.82. The minimum atomic E-state index is -0.949. The highest BCUT2D eigenvalue weighted by Gasteiger charge is 2.29. The number of rotatable bonds is 11. The number of amides is 1. The number of nitrogens with one attached hydrogen (secondary N) is 1. The fraction of sp³-hybridized carbons (Fsp3) is 0.355. The number of aromatic nitrogens is 4. The van der Waals surface area contributed by atoms with E-state index in [1.54, 1.807) is 49.0 Å². The monoisotopic (exact) mass is 557 g/mol. The molecule has 0 aliphatic heterocycles. The van der Waals surface area contributed by atoms with Gasteiger partial charge in [-0.2, -0.15) is 10.2 Å². The van der Waals surface area contributed by atoms with E-state index < -0.39 is 17.2 Å². The SMILES string of the molecule is CC(C)(O)Cn1ccc(NC(=O)C(CC2CCCC2)n2ncc(Oc3cccc(Oc4ccccc4)c3)cc2=O)n1. The number of aliphatic hydroxyl groups is 1. The standard InChI is InChI=1S/C31H35N5O5/c1-31(2,39)21-35-16-15-28(34-35)33-30(38)27(17-22-9-6-7-10-22)36-29(37)19-26(20-32-36)41-25-14-8-13-24(18-25)40-23-11-4-3-5-12-23/h3-5,8,11-16,18-20,22,27,39H,6-7,9-10,17,21H2,1-2H3,(H,33,34,38). The van der Waals surface area contributed by atoms with Crippen LogP contribution >= 0.6 is 0 Å². The topological polar surface area (TPSA) is 121 Å². The summed E-state index contributed by atoms with van der Waals surface area (Å²) >= 11 is 0. The van der Waals surface area contributed by atoms with Crippen molar-refractivity contribution in [1.29, 1.82) is 0 Å². The second-order valence-electron chi connectivity index (χ2n) is 11.1. The van der Waals surface area contributed by atoms with Crippen LogP contribution in [0.25, 0.3) is 0 Å². The fourth-order valence-corrected chi connectivity index (χ4v) is 5.06. The van der Waals surface area contributed by atoms with E-state index in [1.807, 2.05) is 36.4 Å². The molecule has 10 nitrogen and oxygen atoms in total. The van der Waals surface area contributed by atoms with Crippen molar-refractivity contribution >= 4 is 11.7 Å². The summed E-state index contributed by atoms with van der Waals surface area (Å²) in [5.74, 6) is 2.35. The maximum absolute atomic E-state index is 13.5. The second-order valence-corrected chi connectivity index (χ2v) is 11.1. The Morgan fingerprint density at radius 2 is 1.68 bits per heavy atom. The molecule has 41 heavy (non-hydrogen) atoms. The van der Waals surface area contributed by atoms with E-state index in [4.69, 9.17) is 9.47 Å². The highest BCUT2D eigenvalue weighted by molar-refractivity contribution is 5.92. The van der Waals surface area contributed by atoms with Crippen molar-refractivity contribution in [2.75, 3.05) is 5.32 Å². The average molecular weight is 558 g/mol. The summed E-state index contributed by atoms with van der Waals surface area (Å²) in [5, 5.41) is 21.6. The fourth-order valence-electron chi connectivity index (χ4n) is 5.06. The molecule has 0 spiro atoms. The lowest BCUT2D eigenvalue weighted by Crippen LogP contribution is -2.36. The third-order valence-electron chi connectivity index (χ3n) is 6.89. The Morgan fingerprint density at radius 1 is 1.00 bits per heavy atom. The van der Waals surface area contributed by atoms with E-state index in [9.17, 15) is 14.7 Å². The summed E-state index contributed by atoms with van der Waals surface area (Å²) in [6, 6.07) is 18.7. The molecule has 2 aromatic carbocycles. The maximum atomic E-state index is 13.5. The Hall–Kier alpha value is -4.44. The van der Waals surface area contributed by atoms with Gasteiger partial charge in [-0.25, -0.2) is 4.68 Å². The van der Waals surface area contributed by atoms with Crippen LogP contribution < -0.4 is 20.3 Å². The summed E-state index contributed by atoms with van der Waals surface area (Å²) in [5.41, 5.74) is -1.39. The molecule has 5 rings (SSSR count). The van der Waals surface area contributed by atoms with Gasteiger partial charge >= 0.3 is 0 Å². The van der Waals surface area contributed by atoms with Gasteiger partial charge in [-0.15, -0.1) is 0 Å². The molecule has 214 valence electrons. The van der Waals surface area contributed by atoms with Gasteiger partial charge in [0.1, 0.15) is 23.3 Å². The summed E-state index contributed by atoms with van der Waals surface area (Å²) in [7, 11) is 0. The zero-order valence-corrected chi connectivity index (χ0v) is 23.3. The smallest absolute Gasteiger partial charge is 0.271 e. The number of anilines is 1. The lowest BCUT2D eigenvalue weighted by atomic mass is 9.98. The average Bonchev–Trinajstić information content (AvgIpc) is 3.60. The van der Waals surface area contributed by atoms with E-state index in [2.05, 4.69) is 15.5 Å². The predicted octanol–water partition coefficient (Wildman–Crippen LogP) is 5.56. The minimum absolute atomic E-state index is 0.258. The van der Waals surface area contributed by atoms with E-state index in [0.717, 1.165) is 25.7 Å². The van der Waals surface area contributed by atoms with Crippen molar-refractivity contribution in [2.45, 2.75) is 64.1 Å². The van der Waals surface area contributed by atoms with E-state index in [0.29, 0.717) is 35.4 Å². The Labute approximate surface area is 238 Å². The molecule has 1 fully saturated rings. The molecule has 2 N–H and O–H groups in total. The molecule has 0 radical (unpaired) electrons. The molecule has 2 aromatic heterocycles. The van der Waals surface area contributed by atoms with E-state index in [-0.39, 0.29) is 18.2 Å². The molecule has 1 atom stereocenters. The van der Waals surface area contributed by atoms with Crippen molar-refractivity contribution in [3.8, 4) is 23.0 Å². The number of ether oxygens (including phenoxy) is 2. The lowest BCUT2D eigenvalue weighted by molar-refractivity contribution is -0.120. The maximum Gasteiger partial charge on any atom is 0.271 e. The first-order valence-corrected chi connectivity index (χ1v) is 13.9. The van der Waals surface area contributed by atoms with Crippen LogP contribution in [0.2, 0.25) is 0 Å². The van der Waals surface area contributed by atoms with Crippen molar-refractivity contribution in [2.24, 2.45) is 5.92 Å². The van der Waals surface area contributed by atoms with Crippen LogP contribution in [-0.2, 0) is 11.3 Å². The molecule has 4 aromatic rings. The number of hydrogen-bond donors (Lipinski definition) is 2. The molecule has 0 saturated heterocycles. The molecule has 1 unspecified atom stereocenters. The summed E-state index contributed by atoms with van der Waals surface area (Å²) < 4.78 is 14.6. The van der Waals surface area contributed by atoms with Gasteiger partial charge in [-0.05, 0) is 50.5 Å². The van der Waals surface area contributed by atoms with Crippen LogP contribution in [0, 0.1) is 5.92 Å². The molecule has 1 aliphatic rings. The number of carbonyl (C=O) groups excluding carboxylic acids is 1. The summed E-state index contributed by atoms with van der Waals surface area (Å²) in [6.07, 6.45) is 7.89. The minimum Gasteiger partial charge on any atom is -0.457 e. The van der Waals surface area contributed by atoms with Crippen molar-refractivity contribution in [3.63, 3.8) is 0 Å². The Kier molecular flexibility index (Phi) is 8.49. The molecular formula is C31H35N5O5. The molecule has 1 amide bonds. The lowest BCUT2D eigenvalue weighted by Gasteiger charge is -2.21. The van der Waals surface area contributed by atoms with Gasteiger partial charge in [0.25, 0.3) is 11.5 Å². The Bertz CT molecular complexity index is 1520. The van der Waals surface area contributed by atoms with Gasteiger partial charge in [0, 0.05) is 24.4 Å². The first-order valence-electron chi connectivity index (χ1n) is 13.9. The normalized spacial score (nSPS) is 14.5. The van der Waals surface area contributed by atoms with Crippen LogP contribution in [0.4, 0.5) is 5.82 Å².